The van der Waals surface area contributed by atoms with Crippen LogP contribution in [0.4, 0.5) is 4.39 Å². The number of rotatable bonds is 7. The van der Waals surface area contributed by atoms with Crippen LogP contribution in [0.1, 0.15) is 70.6 Å². The number of halogens is 1. The van der Waals surface area contributed by atoms with E-state index in [0.717, 1.165) is 69.1 Å². The van der Waals surface area contributed by atoms with Gasteiger partial charge >= 0.3 is 5.97 Å². The van der Waals surface area contributed by atoms with E-state index in [4.69, 9.17) is 4.74 Å². The Balaban J connectivity index is 1.19. The maximum Gasteiger partial charge on any atom is 0.312 e. The van der Waals surface area contributed by atoms with Crippen LogP contribution in [-0.2, 0) is 19.6 Å². The van der Waals surface area contributed by atoms with Gasteiger partial charge in [0.15, 0.2) is 0 Å². The van der Waals surface area contributed by atoms with Crippen LogP contribution in [-0.4, -0.2) is 33.0 Å². The highest BCUT2D eigenvalue weighted by molar-refractivity contribution is 7.89. The van der Waals surface area contributed by atoms with E-state index in [9.17, 15) is 17.6 Å². The zero-order chi connectivity index (χ0) is 19.1. The summed E-state index contributed by atoms with van der Waals surface area (Å²) in [6, 6.07) is -1.51. The average molecular weight is 402 g/mol. The number of hydrogen-bond donors (Lipinski definition) is 1. The standard InChI is InChI=1S/C20H32FNO4S/c21-13-27(24,25)22-18-3-1-14(2-4-18)5-6-26-19(23)20-10-15-7-16(11-20)9-17(8-15)12-20/h14-18,22H,1-13H2. The average Bonchev–Trinajstić information content (AvgIpc) is 2.62. The molecule has 0 unspecified atom stereocenters. The monoisotopic (exact) mass is 401 g/mol. The van der Waals surface area contributed by atoms with E-state index in [1.54, 1.807) is 0 Å². The summed E-state index contributed by atoms with van der Waals surface area (Å²) in [5.41, 5.74) is -0.183. The normalized spacial score (nSPS) is 40.9. The van der Waals surface area contributed by atoms with Gasteiger partial charge in [-0.05, 0) is 94.3 Å². The van der Waals surface area contributed by atoms with Crippen LogP contribution in [0.5, 0.6) is 0 Å². The highest BCUT2D eigenvalue weighted by Crippen LogP contribution is 2.60. The van der Waals surface area contributed by atoms with Gasteiger partial charge in [-0.15, -0.1) is 0 Å². The van der Waals surface area contributed by atoms with Gasteiger partial charge in [0.25, 0.3) is 0 Å². The van der Waals surface area contributed by atoms with Gasteiger partial charge < -0.3 is 4.74 Å². The molecule has 5 aliphatic rings. The van der Waals surface area contributed by atoms with E-state index in [-0.39, 0.29) is 17.4 Å². The molecule has 4 bridgehead atoms. The van der Waals surface area contributed by atoms with E-state index in [1.807, 2.05) is 0 Å². The van der Waals surface area contributed by atoms with E-state index in [2.05, 4.69) is 4.72 Å². The summed E-state index contributed by atoms with van der Waals surface area (Å²) < 4.78 is 43.2. The Morgan fingerprint density at radius 1 is 1.00 bits per heavy atom. The van der Waals surface area contributed by atoms with Gasteiger partial charge in [0, 0.05) is 6.04 Å². The maximum atomic E-state index is 12.8. The predicted molar refractivity (Wildman–Crippen MR) is 100.0 cm³/mol. The highest BCUT2D eigenvalue weighted by atomic mass is 32.2. The van der Waals surface area contributed by atoms with Crippen molar-refractivity contribution in [3.63, 3.8) is 0 Å². The molecule has 0 aromatic heterocycles. The molecule has 5 fully saturated rings. The molecule has 5 rings (SSSR count). The first kappa shape index (κ1) is 19.6. The third-order valence-electron chi connectivity index (χ3n) is 7.57. The number of ether oxygens (including phenoxy) is 1. The number of esters is 1. The van der Waals surface area contributed by atoms with Gasteiger partial charge in [0.2, 0.25) is 16.0 Å². The highest BCUT2D eigenvalue weighted by Gasteiger charge is 2.55. The largest absolute Gasteiger partial charge is 0.465 e. The zero-order valence-corrected chi connectivity index (χ0v) is 16.8. The number of carbonyl (C=O) groups excluding carboxylic acids is 1. The third-order valence-corrected chi connectivity index (χ3v) is 8.55. The minimum atomic E-state index is -3.77. The van der Waals surface area contributed by atoms with Crippen molar-refractivity contribution in [1.82, 2.24) is 4.72 Å². The molecule has 27 heavy (non-hydrogen) atoms. The third kappa shape index (κ3) is 4.34. The number of sulfonamides is 1. The molecule has 0 aliphatic heterocycles. The second kappa shape index (κ2) is 7.62. The van der Waals surface area contributed by atoms with Crippen molar-refractivity contribution < 1.29 is 22.3 Å². The van der Waals surface area contributed by atoms with Crippen LogP contribution in [0, 0.1) is 29.1 Å². The summed E-state index contributed by atoms with van der Waals surface area (Å²) in [7, 11) is -3.77. The molecule has 7 heteroatoms. The van der Waals surface area contributed by atoms with Crippen LogP contribution in [0.15, 0.2) is 0 Å². The van der Waals surface area contributed by atoms with Crippen molar-refractivity contribution in [2.45, 2.75) is 76.7 Å². The topological polar surface area (TPSA) is 72.5 Å². The second-order valence-corrected chi connectivity index (χ2v) is 11.4. The van der Waals surface area contributed by atoms with Crippen LogP contribution in [0.2, 0.25) is 0 Å². The van der Waals surface area contributed by atoms with E-state index in [0.29, 0.717) is 12.5 Å². The summed E-state index contributed by atoms with van der Waals surface area (Å²) in [6.45, 7) is 0.478. The van der Waals surface area contributed by atoms with Crippen molar-refractivity contribution in [1.29, 1.82) is 0 Å². The maximum absolute atomic E-state index is 12.8. The predicted octanol–water partition coefficient (Wildman–Crippen LogP) is 3.54. The Hall–Kier alpha value is -0.690. The lowest BCUT2D eigenvalue weighted by atomic mass is 9.49. The summed E-state index contributed by atoms with van der Waals surface area (Å²) in [5, 5.41) is 0. The molecule has 5 saturated carbocycles. The minimum absolute atomic E-state index is 0.0472. The Labute approximate surface area is 161 Å². The molecule has 5 nitrogen and oxygen atoms in total. The van der Waals surface area contributed by atoms with Crippen LogP contribution in [0.25, 0.3) is 0 Å². The fraction of sp³-hybridized carbons (Fsp3) is 0.950. The first-order chi connectivity index (χ1) is 12.9. The minimum Gasteiger partial charge on any atom is -0.465 e. The molecule has 0 spiro atoms. The second-order valence-electron chi connectivity index (χ2n) is 9.68. The molecule has 5 aliphatic carbocycles. The lowest BCUT2D eigenvalue weighted by Crippen LogP contribution is -2.50. The van der Waals surface area contributed by atoms with Crippen LogP contribution >= 0.6 is 0 Å². The Morgan fingerprint density at radius 2 is 1.56 bits per heavy atom. The molecule has 0 heterocycles. The molecule has 154 valence electrons. The van der Waals surface area contributed by atoms with Crippen molar-refractivity contribution >= 4 is 16.0 Å². The summed E-state index contributed by atoms with van der Waals surface area (Å²) in [5.74, 6) is 2.73. The summed E-state index contributed by atoms with van der Waals surface area (Å²) >= 11 is 0. The van der Waals surface area contributed by atoms with Crippen LogP contribution in [0.3, 0.4) is 0 Å². The quantitative estimate of drug-likeness (QED) is 0.662. The number of hydrogen-bond acceptors (Lipinski definition) is 4. The fourth-order valence-corrected chi connectivity index (χ4v) is 7.49. The van der Waals surface area contributed by atoms with Crippen molar-refractivity contribution in [2.24, 2.45) is 29.1 Å². The lowest BCUT2D eigenvalue weighted by Gasteiger charge is -2.55. The fourth-order valence-electron chi connectivity index (χ4n) is 6.69. The van der Waals surface area contributed by atoms with Crippen LogP contribution < -0.4 is 4.72 Å². The van der Waals surface area contributed by atoms with Gasteiger partial charge in [0.1, 0.15) is 0 Å². The van der Waals surface area contributed by atoms with Crippen molar-refractivity contribution in [3.05, 3.63) is 0 Å². The summed E-state index contributed by atoms with van der Waals surface area (Å²) in [4.78, 5) is 12.8. The Morgan fingerprint density at radius 3 is 2.07 bits per heavy atom. The van der Waals surface area contributed by atoms with Crippen molar-refractivity contribution in [3.8, 4) is 0 Å². The van der Waals surface area contributed by atoms with Gasteiger partial charge in [-0.1, -0.05) is 0 Å². The van der Waals surface area contributed by atoms with E-state index >= 15 is 0 Å². The van der Waals surface area contributed by atoms with Gasteiger partial charge in [0.05, 0.1) is 12.0 Å². The Kier molecular flexibility index (Phi) is 5.54. The Bertz CT molecular complexity index is 622. The van der Waals surface area contributed by atoms with Gasteiger partial charge in [-0.25, -0.2) is 17.5 Å². The number of nitrogens with one attached hydrogen (secondary N) is 1. The van der Waals surface area contributed by atoms with E-state index in [1.165, 1.54) is 19.3 Å². The SMILES string of the molecule is O=C(OCCC1CCC(NS(=O)(=O)CF)CC1)C12CC3CC(CC(C3)C1)C2. The van der Waals surface area contributed by atoms with Gasteiger partial charge in [-0.3, -0.25) is 4.79 Å². The molecule has 0 aromatic rings. The molecule has 0 aromatic carbocycles. The molecule has 0 saturated heterocycles. The first-order valence-electron chi connectivity index (χ1n) is 10.6. The number of carbonyl (C=O) groups is 1. The molecule has 1 N–H and O–H groups in total. The molecular formula is C20H32FNO4S. The first-order valence-corrected chi connectivity index (χ1v) is 12.3. The van der Waals surface area contributed by atoms with Crippen molar-refractivity contribution in [2.75, 3.05) is 12.6 Å². The smallest absolute Gasteiger partial charge is 0.312 e. The number of alkyl halides is 1. The molecular weight excluding hydrogens is 369 g/mol. The van der Waals surface area contributed by atoms with Gasteiger partial charge in [-0.2, -0.15) is 0 Å². The zero-order valence-electron chi connectivity index (χ0n) is 16.0. The molecule has 0 amide bonds. The van der Waals surface area contributed by atoms with E-state index < -0.39 is 16.0 Å². The molecule has 0 radical (unpaired) electrons. The lowest BCUT2D eigenvalue weighted by molar-refractivity contribution is -0.172. The molecule has 0 atom stereocenters. The summed E-state index contributed by atoms with van der Waals surface area (Å²) in [6.07, 6.45) is 11.2.